The molecule has 7 nitrogen and oxygen atoms in total. The molecule has 0 saturated carbocycles. The van der Waals surface area contributed by atoms with Gasteiger partial charge in [-0.1, -0.05) is 13.8 Å². The van der Waals surface area contributed by atoms with E-state index in [-0.39, 0.29) is 0 Å². The Kier molecular flexibility index (Phi) is 5.55. The molecular formula is C14H27N7. The lowest BCUT2D eigenvalue weighted by Crippen LogP contribution is -2.32. The quantitative estimate of drug-likeness (QED) is 0.609. The van der Waals surface area contributed by atoms with Gasteiger partial charge in [-0.05, 0) is 31.6 Å². The highest BCUT2D eigenvalue weighted by Crippen LogP contribution is 2.19. The summed E-state index contributed by atoms with van der Waals surface area (Å²) < 4.78 is 0. The average molecular weight is 293 g/mol. The highest BCUT2D eigenvalue weighted by Gasteiger charge is 2.17. The van der Waals surface area contributed by atoms with Crippen LogP contribution < -0.4 is 21.1 Å². The molecule has 1 aliphatic rings. The van der Waals surface area contributed by atoms with Crippen LogP contribution in [0.1, 0.15) is 39.5 Å². The maximum Gasteiger partial charge on any atom is 0.243 e. The molecule has 2 heterocycles. The van der Waals surface area contributed by atoms with Crippen LogP contribution in [-0.4, -0.2) is 41.6 Å². The number of hydrogen-bond acceptors (Lipinski definition) is 7. The molecule has 0 unspecified atom stereocenters. The van der Waals surface area contributed by atoms with Gasteiger partial charge in [-0.15, -0.1) is 0 Å². The summed E-state index contributed by atoms with van der Waals surface area (Å²) in [6.07, 6.45) is 4.77. The number of aromatic nitrogens is 3. The van der Waals surface area contributed by atoms with Crippen molar-refractivity contribution in [2.75, 3.05) is 41.9 Å². The Labute approximate surface area is 126 Å². The summed E-state index contributed by atoms with van der Waals surface area (Å²) >= 11 is 0. The number of nitrogen functional groups attached to an aromatic ring is 1. The third kappa shape index (κ3) is 4.42. The summed E-state index contributed by atoms with van der Waals surface area (Å²) in [6, 6.07) is 0. The second-order valence-electron chi connectivity index (χ2n) is 6.06. The Morgan fingerprint density at radius 3 is 2.52 bits per heavy atom. The Hall–Kier alpha value is -1.63. The molecule has 3 N–H and O–H groups in total. The fourth-order valence-corrected chi connectivity index (χ4v) is 2.38. The van der Waals surface area contributed by atoms with Crippen molar-refractivity contribution < 1.29 is 0 Å². The molecule has 0 atom stereocenters. The Bertz CT molecular complexity index is 443. The number of nitrogens with one attached hydrogen (secondary N) is 1. The summed E-state index contributed by atoms with van der Waals surface area (Å²) in [5.41, 5.74) is 2.55. The second kappa shape index (κ2) is 7.40. The van der Waals surface area contributed by atoms with Gasteiger partial charge in [0.2, 0.25) is 17.8 Å². The van der Waals surface area contributed by atoms with Crippen LogP contribution in [0.25, 0.3) is 0 Å². The summed E-state index contributed by atoms with van der Waals surface area (Å²) in [4.78, 5) is 17.7. The topological polar surface area (TPSA) is 83.2 Å². The Morgan fingerprint density at radius 1 is 1.19 bits per heavy atom. The first-order valence-corrected chi connectivity index (χ1v) is 7.79. The van der Waals surface area contributed by atoms with E-state index in [2.05, 4.69) is 44.0 Å². The van der Waals surface area contributed by atoms with Crippen LogP contribution in [0.2, 0.25) is 0 Å². The maximum absolute atomic E-state index is 5.50. The lowest BCUT2D eigenvalue weighted by Gasteiger charge is -2.28. The zero-order valence-corrected chi connectivity index (χ0v) is 13.3. The smallest absolute Gasteiger partial charge is 0.243 e. The fraction of sp³-hybridized carbons (Fsp3) is 0.786. The van der Waals surface area contributed by atoms with E-state index in [9.17, 15) is 0 Å². The van der Waals surface area contributed by atoms with Gasteiger partial charge in [0.15, 0.2) is 0 Å². The van der Waals surface area contributed by atoms with Gasteiger partial charge in [0.05, 0.1) is 0 Å². The van der Waals surface area contributed by atoms with Gasteiger partial charge in [0.1, 0.15) is 0 Å². The molecule has 1 fully saturated rings. The van der Waals surface area contributed by atoms with Crippen LogP contribution in [0.15, 0.2) is 0 Å². The molecule has 0 aromatic carbocycles. The predicted octanol–water partition coefficient (Wildman–Crippen LogP) is 1.63. The average Bonchev–Trinajstić information content (AvgIpc) is 2.52. The number of hydrogen-bond donors (Lipinski definition) is 2. The fourth-order valence-electron chi connectivity index (χ4n) is 2.38. The molecule has 1 aliphatic heterocycles. The molecule has 1 saturated heterocycles. The van der Waals surface area contributed by atoms with Gasteiger partial charge < -0.3 is 9.80 Å². The number of anilines is 3. The van der Waals surface area contributed by atoms with Crippen molar-refractivity contribution in [3.8, 4) is 0 Å². The minimum atomic E-state index is 0.428. The highest BCUT2D eigenvalue weighted by atomic mass is 15.4. The molecule has 0 radical (unpaired) electrons. The van der Waals surface area contributed by atoms with E-state index in [0.29, 0.717) is 17.8 Å². The summed E-state index contributed by atoms with van der Waals surface area (Å²) in [5, 5.41) is 0. The molecule has 7 heteroatoms. The summed E-state index contributed by atoms with van der Waals surface area (Å²) in [7, 11) is 2.01. The van der Waals surface area contributed by atoms with Gasteiger partial charge in [-0.3, -0.25) is 5.43 Å². The van der Waals surface area contributed by atoms with Crippen molar-refractivity contribution in [1.82, 2.24) is 15.0 Å². The van der Waals surface area contributed by atoms with Gasteiger partial charge in [0.25, 0.3) is 0 Å². The van der Waals surface area contributed by atoms with E-state index >= 15 is 0 Å². The van der Waals surface area contributed by atoms with Crippen LogP contribution in [0, 0.1) is 5.92 Å². The first kappa shape index (κ1) is 15.8. The first-order chi connectivity index (χ1) is 10.1. The molecule has 2 rings (SSSR count). The Morgan fingerprint density at radius 2 is 1.90 bits per heavy atom. The van der Waals surface area contributed by atoms with Crippen molar-refractivity contribution >= 4 is 17.8 Å². The maximum atomic E-state index is 5.50. The van der Waals surface area contributed by atoms with E-state index < -0.39 is 0 Å². The summed E-state index contributed by atoms with van der Waals surface area (Å²) in [6.45, 7) is 7.36. The minimum absolute atomic E-state index is 0.428. The minimum Gasteiger partial charge on any atom is -0.344 e. The lowest BCUT2D eigenvalue weighted by atomic mass is 10.1. The van der Waals surface area contributed by atoms with Crippen LogP contribution >= 0.6 is 0 Å². The summed E-state index contributed by atoms with van der Waals surface area (Å²) in [5.74, 6) is 7.99. The molecule has 118 valence electrons. The molecule has 0 bridgehead atoms. The Balaban J connectivity index is 2.16. The third-order valence-electron chi connectivity index (χ3n) is 3.76. The van der Waals surface area contributed by atoms with Crippen LogP contribution in [0.4, 0.5) is 17.8 Å². The molecule has 21 heavy (non-hydrogen) atoms. The van der Waals surface area contributed by atoms with Crippen LogP contribution in [0.3, 0.4) is 0 Å². The largest absolute Gasteiger partial charge is 0.344 e. The number of rotatable bonds is 6. The van der Waals surface area contributed by atoms with Crippen molar-refractivity contribution in [2.24, 2.45) is 11.8 Å². The number of hydrazine groups is 1. The molecule has 1 aromatic heterocycles. The molecule has 0 amide bonds. The molecular weight excluding hydrogens is 266 g/mol. The number of piperidine rings is 1. The first-order valence-electron chi connectivity index (χ1n) is 7.79. The monoisotopic (exact) mass is 293 g/mol. The van der Waals surface area contributed by atoms with Crippen molar-refractivity contribution in [3.05, 3.63) is 0 Å². The highest BCUT2D eigenvalue weighted by molar-refractivity contribution is 5.44. The SMILES string of the molecule is CC(C)CCN(C)c1nc(NN)nc(N2CCCCC2)n1. The van der Waals surface area contributed by atoms with Gasteiger partial charge in [-0.2, -0.15) is 15.0 Å². The third-order valence-corrected chi connectivity index (χ3v) is 3.76. The van der Waals surface area contributed by atoms with E-state index in [4.69, 9.17) is 5.84 Å². The zero-order valence-electron chi connectivity index (χ0n) is 13.3. The lowest BCUT2D eigenvalue weighted by molar-refractivity contribution is 0.564. The van der Waals surface area contributed by atoms with E-state index in [1.807, 2.05) is 7.05 Å². The van der Waals surface area contributed by atoms with Crippen LogP contribution in [0.5, 0.6) is 0 Å². The standard InChI is InChI=1S/C14H27N7/c1-11(2)7-10-20(3)13-16-12(19-15)17-14(18-13)21-8-5-4-6-9-21/h11H,4-10,15H2,1-3H3,(H,16,17,18,19). The predicted molar refractivity (Wildman–Crippen MR) is 86.4 cm³/mol. The van der Waals surface area contributed by atoms with E-state index in [1.165, 1.54) is 19.3 Å². The molecule has 0 aliphatic carbocycles. The zero-order chi connectivity index (χ0) is 15.2. The van der Waals surface area contributed by atoms with E-state index in [0.717, 1.165) is 32.0 Å². The van der Waals surface area contributed by atoms with Crippen molar-refractivity contribution in [2.45, 2.75) is 39.5 Å². The normalized spacial score (nSPS) is 15.4. The van der Waals surface area contributed by atoms with Gasteiger partial charge in [0, 0.05) is 26.7 Å². The van der Waals surface area contributed by atoms with E-state index in [1.54, 1.807) is 0 Å². The number of nitrogens with zero attached hydrogens (tertiary/aromatic N) is 5. The second-order valence-corrected chi connectivity index (χ2v) is 6.06. The van der Waals surface area contributed by atoms with Crippen LogP contribution in [-0.2, 0) is 0 Å². The van der Waals surface area contributed by atoms with Crippen molar-refractivity contribution in [3.63, 3.8) is 0 Å². The van der Waals surface area contributed by atoms with Gasteiger partial charge >= 0.3 is 0 Å². The molecule has 0 spiro atoms. The van der Waals surface area contributed by atoms with Crippen molar-refractivity contribution in [1.29, 1.82) is 0 Å². The van der Waals surface area contributed by atoms with Gasteiger partial charge in [-0.25, -0.2) is 5.84 Å². The molecule has 1 aromatic rings. The number of nitrogens with two attached hydrogens (primary N) is 1.